The summed E-state index contributed by atoms with van der Waals surface area (Å²) >= 11 is 0. The molecule has 0 radical (unpaired) electrons. The van der Waals surface area contributed by atoms with E-state index in [1.807, 2.05) is 0 Å². The molecule has 1 aromatic carbocycles. The number of rotatable bonds is 6. The number of carbonyl (C=O) groups excluding carboxylic acids is 1. The number of nitrogens with one attached hydrogen (secondary N) is 1. The van der Waals surface area contributed by atoms with Gasteiger partial charge in [-0.3, -0.25) is 0 Å². The standard InChI is InChI=1S/C14H16N2O5S/c1-9-13(10(2)21-15-9)22(19,20)16-12(14(17)18)8-11-6-4-3-5-7-11/h3-7,12,16H,8H2,1-2H3,(H,17,18)/p-1/t12-/m0/s1. The van der Waals surface area contributed by atoms with Gasteiger partial charge < -0.3 is 14.4 Å². The molecule has 7 nitrogen and oxygen atoms in total. The predicted octanol–water partition coefficient (Wildman–Crippen LogP) is -0.0691. The van der Waals surface area contributed by atoms with Crippen LogP contribution in [0.25, 0.3) is 0 Å². The Labute approximate surface area is 128 Å². The monoisotopic (exact) mass is 323 g/mol. The predicted molar refractivity (Wildman–Crippen MR) is 75.2 cm³/mol. The number of aliphatic carboxylic acids is 1. The van der Waals surface area contributed by atoms with Crippen LogP contribution in [0.2, 0.25) is 0 Å². The summed E-state index contributed by atoms with van der Waals surface area (Å²) in [5.41, 5.74) is 0.847. The van der Waals surface area contributed by atoms with Gasteiger partial charge in [-0.15, -0.1) is 0 Å². The first-order valence-electron chi connectivity index (χ1n) is 6.51. The molecule has 0 aliphatic rings. The quantitative estimate of drug-likeness (QED) is 0.796. The molecular weight excluding hydrogens is 308 g/mol. The van der Waals surface area contributed by atoms with Crippen LogP contribution < -0.4 is 9.83 Å². The molecule has 2 rings (SSSR count). The van der Waals surface area contributed by atoms with Crippen molar-refractivity contribution in [2.45, 2.75) is 31.2 Å². The molecule has 1 aromatic heterocycles. The first kappa shape index (κ1) is 16.2. The Kier molecular flexibility index (Phi) is 4.62. The highest BCUT2D eigenvalue weighted by molar-refractivity contribution is 7.89. The molecule has 1 heterocycles. The fourth-order valence-corrected chi connectivity index (χ4v) is 3.64. The van der Waals surface area contributed by atoms with Gasteiger partial charge in [-0.05, 0) is 25.8 Å². The minimum absolute atomic E-state index is 0.0220. The minimum atomic E-state index is -4.07. The van der Waals surface area contributed by atoms with Crippen LogP contribution in [0.1, 0.15) is 17.0 Å². The molecule has 0 amide bonds. The Morgan fingerprint density at radius 1 is 1.32 bits per heavy atom. The van der Waals surface area contributed by atoms with Gasteiger partial charge in [0.05, 0.1) is 12.0 Å². The molecule has 0 aliphatic heterocycles. The lowest BCUT2D eigenvalue weighted by atomic mass is 10.1. The van der Waals surface area contributed by atoms with E-state index >= 15 is 0 Å². The molecule has 0 saturated heterocycles. The van der Waals surface area contributed by atoms with Gasteiger partial charge in [-0.25, -0.2) is 13.1 Å². The fraction of sp³-hybridized carbons (Fsp3) is 0.286. The zero-order valence-electron chi connectivity index (χ0n) is 12.1. The van der Waals surface area contributed by atoms with Gasteiger partial charge >= 0.3 is 0 Å². The molecule has 0 unspecified atom stereocenters. The summed E-state index contributed by atoms with van der Waals surface area (Å²) in [4.78, 5) is 11.1. The number of nitrogens with zero attached hydrogens (tertiary/aromatic N) is 1. The van der Waals surface area contributed by atoms with Crippen molar-refractivity contribution in [1.29, 1.82) is 0 Å². The Hall–Kier alpha value is -2.19. The summed E-state index contributed by atoms with van der Waals surface area (Å²) in [6, 6.07) is 7.29. The molecule has 118 valence electrons. The molecule has 1 N–H and O–H groups in total. The summed E-state index contributed by atoms with van der Waals surface area (Å²) in [5, 5.41) is 14.8. The zero-order chi connectivity index (χ0) is 16.3. The van der Waals surface area contributed by atoms with Crippen molar-refractivity contribution in [2.24, 2.45) is 0 Å². The summed E-state index contributed by atoms with van der Waals surface area (Å²) in [6.45, 7) is 2.91. The van der Waals surface area contributed by atoms with Crippen LogP contribution in [0.5, 0.6) is 0 Å². The number of carboxylic acid groups (broad SMARTS) is 1. The van der Waals surface area contributed by atoms with E-state index in [-0.39, 0.29) is 22.8 Å². The maximum absolute atomic E-state index is 12.3. The number of carbonyl (C=O) groups is 1. The Morgan fingerprint density at radius 2 is 1.95 bits per heavy atom. The van der Waals surface area contributed by atoms with Gasteiger partial charge in [0.2, 0.25) is 10.0 Å². The van der Waals surface area contributed by atoms with Crippen molar-refractivity contribution >= 4 is 16.0 Å². The third kappa shape index (κ3) is 3.52. The lowest BCUT2D eigenvalue weighted by molar-refractivity contribution is -0.307. The van der Waals surface area contributed by atoms with Crippen LogP contribution in [-0.2, 0) is 21.2 Å². The number of benzene rings is 1. The molecule has 1 atom stereocenters. The van der Waals surface area contributed by atoms with E-state index in [4.69, 9.17) is 4.52 Å². The van der Waals surface area contributed by atoms with Gasteiger partial charge in [0.25, 0.3) is 0 Å². The average molecular weight is 323 g/mol. The SMILES string of the molecule is Cc1noc(C)c1S(=O)(=O)N[C@@H](Cc1ccccc1)C(=O)[O-]. The summed E-state index contributed by atoms with van der Waals surface area (Å²) in [7, 11) is -4.07. The van der Waals surface area contributed by atoms with Crippen LogP contribution in [0.3, 0.4) is 0 Å². The Balaban J connectivity index is 2.26. The smallest absolute Gasteiger partial charge is 0.246 e. The molecular formula is C14H15N2O5S-. The third-order valence-corrected chi connectivity index (χ3v) is 4.82. The highest BCUT2D eigenvalue weighted by Gasteiger charge is 2.27. The molecule has 0 fully saturated rings. The normalized spacial score (nSPS) is 13.0. The fourth-order valence-electron chi connectivity index (χ4n) is 2.13. The summed E-state index contributed by atoms with van der Waals surface area (Å²) in [5.74, 6) is -1.40. The maximum atomic E-state index is 12.3. The van der Waals surface area contributed by atoms with Crippen LogP contribution in [0.4, 0.5) is 0 Å². The van der Waals surface area contributed by atoms with E-state index < -0.39 is 22.0 Å². The number of aromatic nitrogens is 1. The van der Waals surface area contributed by atoms with E-state index in [0.29, 0.717) is 5.56 Å². The van der Waals surface area contributed by atoms with Crippen molar-refractivity contribution in [2.75, 3.05) is 0 Å². The number of sulfonamides is 1. The maximum Gasteiger partial charge on any atom is 0.246 e. The number of carboxylic acids is 1. The lowest BCUT2D eigenvalue weighted by Crippen LogP contribution is -2.49. The first-order valence-corrected chi connectivity index (χ1v) is 7.99. The van der Waals surface area contributed by atoms with E-state index in [9.17, 15) is 18.3 Å². The molecule has 0 spiro atoms. The van der Waals surface area contributed by atoms with Crippen molar-refractivity contribution in [3.05, 3.63) is 47.3 Å². The molecule has 0 bridgehead atoms. The van der Waals surface area contributed by atoms with Crippen molar-refractivity contribution in [3.8, 4) is 0 Å². The molecule has 8 heteroatoms. The van der Waals surface area contributed by atoms with E-state index in [0.717, 1.165) is 0 Å². The summed E-state index contributed by atoms with van der Waals surface area (Å²) in [6.07, 6.45) is -0.0220. The minimum Gasteiger partial charge on any atom is -0.548 e. The number of hydrogen-bond acceptors (Lipinski definition) is 6. The second-order valence-corrected chi connectivity index (χ2v) is 6.49. The van der Waals surface area contributed by atoms with Gasteiger partial charge in [0, 0.05) is 0 Å². The lowest BCUT2D eigenvalue weighted by Gasteiger charge is -2.19. The van der Waals surface area contributed by atoms with Crippen molar-refractivity contribution in [1.82, 2.24) is 9.88 Å². The van der Waals surface area contributed by atoms with Crippen LogP contribution in [-0.4, -0.2) is 25.6 Å². The van der Waals surface area contributed by atoms with Gasteiger partial charge in [0.1, 0.15) is 10.6 Å². The van der Waals surface area contributed by atoms with Crippen molar-refractivity contribution < 1.29 is 22.8 Å². The van der Waals surface area contributed by atoms with Crippen LogP contribution >= 0.6 is 0 Å². The second-order valence-electron chi connectivity index (χ2n) is 4.84. The largest absolute Gasteiger partial charge is 0.548 e. The number of hydrogen-bond donors (Lipinski definition) is 1. The molecule has 0 saturated carbocycles. The molecule has 0 aliphatic carbocycles. The number of aryl methyl sites for hydroxylation is 2. The Bertz CT molecular complexity index is 748. The summed E-state index contributed by atoms with van der Waals surface area (Å²) < 4.78 is 31.6. The van der Waals surface area contributed by atoms with Gasteiger partial charge in [-0.2, -0.15) is 0 Å². The van der Waals surface area contributed by atoms with E-state index in [1.54, 1.807) is 30.3 Å². The highest BCUT2D eigenvalue weighted by Crippen LogP contribution is 2.19. The van der Waals surface area contributed by atoms with Gasteiger partial charge in [-0.1, -0.05) is 35.5 Å². The van der Waals surface area contributed by atoms with Crippen LogP contribution in [0.15, 0.2) is 39.8 Å². The van der Waals surface area contributed by atoms with E-state index in [2.05, 4.69) is 9.88 Å². The molecule has 22 heavy (non-hydrogen) atoms. The second kappa shape index (κ2) is 6.29. The van der Waals surface area contributed by atoms with E-state index in [1.165, 1.54) is 13.8 Å². The van der Waals surface area contributed by atoms with Crippen molar-refractivity contribution in [3.63, 3.8) is 0 Å². The first-order chi connectivity index (χ1) is 10.3. The third-order valence-electron chi connectivity index (χ3n) is 3.10. The topological polar surface area (TPSA) is 112 Å². The Morgan fingerprint density at radius 3 is 2.45 bits per heavy atom. The average Bonchev–Trinajstić information content (AvgIpc) is 2.79. The van der Waals surface area contributed by atoms with Crippen LogP contribution in [0, 0.1) is 13.8 Å². The highest BCUT2D eigenvalue weighted by atomic mass is 32.2. The molecule has 2 aromatic rings. The van der Waals surface area contributed by atoms with Gasteiger partial charge in [0.15, 0.2) is 5.76 Å². The zero-order valence-corrected chi connectivity index (χ0v) is 12.9.